The molecular formula is C20H17N3O. The SMILES string of the molecule is [N-]=[N+]=NC(c1cc2c(cc1C#Cc1ccccc1)COC2)C1CC1. The van der Waals surface area contributed by atoms with Crippen LogP contribution in [-0.2, 0) is 18.0 Å². The molecule has 0 spiro atoms. The van der Waals surface area contributed by atoms with Crippen LogP contribution >= 0.6 is 0 Å². The van der Waals surface area contributed by atoms with Crippen molar-refractivity contribution in [2.24, 2.45) is 11.0 Å². The quantitative estimate of drug-likeness (QED) is 0.345. The normalized spacial score (nSPS) is 16.5. The molecular weight excluding hydrogens is 298 g/mol. The Hall–Kier alpha value is -2.73. The van der Waals surface area contributed by atoms with E-state index in [1.807, 2.05) is 30.3 Å². The summed E-state index contributed by atoms with van der Waals surface area (Å²) in [7, 11) is 0. The highest BCUT2D eigenvalue weighted by Gasteiger charge is 2.33. The Bertz CT molecular complexity index is 869. The van der Waals surface area contributed by atoms with E-state index in [9.17, 15) is 0 Å². The third kappa shape index (κ3) is 3.00. The lowest BCUT2D eigenvalue weighted by Crippen LogP contribution is -2.02. The molecule has 1 fully saturated rings. The van der Waals surface area contributed by atoms with Gasteiger partial charge >= 0.3 is 0 Å². The average molecular weight is 315 g/mol. The summed E-state index contributed by atoms with van der Waals surface area (Å²) in [6.07, 6.45) is 2.23. The predicted octanol–water partition coefficient (Wildman–Crippen LogP) is 4.88. The van der Waals surface area contributed by atoms with Crippen molar-refractivity contribution >= 4 is 0 Å². The van der Waals surface area contributed by atoms with Gasteiger partial charge in [-0.3, -0.25) is 0 Å². The van der Waals surface area contributed by atoms with Crippen molar-refractivity contribution in [1.29, 1.82) is 0 Å². The second kappa shape index (κ2) is 6.41. The van der Waals surface area contributed by atoms with Crippen LogP contribution in [0.2, 0.25) is 0 Å². The van der Waals surface area contributed by atoms with Crippen LogP contribution in [0.25, 0.3) is 10.4 Å². The molecule has 118 valence electrons. The number of azide groups is 1. The first-order valence-corrected chi connectivity index (χ1v) is 8.20. The minimum Gasteiger partial charge on any atom is -0.372 e. The second-order valence-corrected chi connectivity index (χ2v) is 6.30. The number of fused-ring (bicyclic) bond motifs is 1. The summed E-state index contributed by atoms with van der Waals surface area (Å²) in [6, 6.07) is 14.0. The van der Waals surface area contributed by atoms with Crippen LogP contribution in [0.3, 0.4) is 0 Å². The van der Waals surface area contributed by atoms with Crippen molar-refractivity contribution in [3.63, 3.8) is 0 Å². The average Bonchev–Trinajstić information content (AvgIpc) is 3.36. The molecule has 4 nitrogen and oxygen atoms in total. The van der Waals surface area contributed by atoms with Crippen molar-refractivity contribution in [1.82, 2.24) is 0 Å². The van der Waals surface area contributed by atoms with Crippen LogP contribution in [0.5, 0.6) is 0 Å². The summed E-state index contributed by atoms with van der Waals surface area (Å²) < 4.78 is 5.55. The lowest BCUT2D eigenvalue weighted by atomic mass is 9.93. The van der Waals surface area contributed by atoms with E-state index >= 15 is 0 Å². The molecule has 1 saturated carbocycles. The van der Waals surface area contributed by atoms with E-state index in [0.717, 1.165) is 29.5 Å². The third-order valence-electron chi connectivity index (χ3n) is 4.57. The van der Waals surface area contributed by atoms with Gasteiger partial charge in [0.25, 0.3) is 0 Å². The van der Waals surface area contributed by atoms with E-state index in [1.165, 1.54) is 11.1 Å². The fraction of sp³-hybridized carbons (Fsp3) is 0.300. The lowest BCUT2D eigenvalue weighted by Gasteiger charge is -2.14. The molecule has 0 aromatic heterocycles. The van der Waals surface area contributed by atoms with Crippen molar-refractivity contribution < 1.29 is 4.74 Å². The Morgan fingerprint density at radius 2 is 1.83 bits per heavy atom. The molecule has 2 aromatic rings. The first-order valence-electron chi connectivity index (χ1n) is 8.20. The van der Waals surface area contributed by atoms with Crippen LogP contribution < -0.4 is 0 Å². The van der Waals surface area contributed by atoms with E-state index < -0.39 is 0 Å². The Labute approximate surface area is 141 Å². The van der Waals surface area contributed by atoms with E-state index in [0.29, 0.717) is 19.1 Å². The predicted molar refractivity (Wildman–Crippen MR) is 92.0 cm³/mol. The van der Waals surface area contributed by atoms with Crippen molar-refractivity contribution in [3.05, 3.63) is 80.7 Å². The van der Waals surface area contributed by atoms with Gasteiger partial charge in [-0.1, -0.05) is 41.2 Å². The molecule has 2 aliphatic rings. The zero-order valence-electron chi connectivity index (χ0n) is 13.3. The largest absolute Gasteiger partial charge is 0.372 e. The summed E-state index contributed by atoms with van der Waals surface area (Å²) in [6.45, 7) is 1.26. The topological polar surface area (TPSA) is 58.0 Å². The first-order chi connectivity index (χ1) is 11.8. The van der Waals surface area contributed by atoms with Crippen LogP contribution in [0.4, 0.5) is 0 Å². The van der Waals surface area contributed by atoms with Crippen molar-refractivity contribution in [3.8, 4) is 11.8 Å². The van der Waals surface area contributed by atoms with E-state index in [4.69, 9.17) is 10.3 Å². The maximum atomic E-state index is 8.96. The molecule has 0 radical (unpaired) electrons. The van der Waals surface area contributed by atoms with Gasteiger partial charge in [0.15, 0.2) is 0 Å². The first kappa shape index (κ1) is 14.8. The van der Waals surface area contributed by atoms with Crippen LogP contribution in [0.1, 0.15) is 46.7 Å². The molecule has 1 aliphatic carbocycles. The number of hydrogen-bond acceptors (Lipinski definition) is 2. The van der Waals surface area contributed by atoms with Crippen molar-refractivity contribution in [2.75, 3.05) is 0 Å². The third-order valence-corrected chi connectivity index (χ3v) is 4.57. The van der Waals surface area contributed by atoms with Gasteiger partial charge in [-0.2, -0.15) is 0 Å². The van der Waals surface area contributed by atoms with E-state index in [1.54, 1.807) is 0 Å². The maximum Gasteiger partial charge on any atom is 0.0725 e. The lowest BCUT2D eigenvalue weighted by molar-refractivity contribution is 0.134. The van der Waals surface area contributed by atoms with Crippen LogP contribution in [-0.4, -0.2) is 0 Å². The number of ether oxygens (including phenoxy) is 1. The fourth-order valence-electron chi connectivity index (χ4n) is 3.14. The van der Waals surface area contributed by atoms with Gasteiger partial charge in [0.2, 0.25) is 0 Å². The van der Waals surface area contributed by atoms with Gasteiger partial charge < -0.3 is 4.74 Å². The number of nitrogens with zero attached hydrogens (tertiary/aromatic N) is 3. The smallest absolute Gasteiger partial charge is 0.0725 e. The van der Waals surface area contributed by atoms with E-state index in [-0.39, 0.29) is 6.04 Å². The van der Waals surface area contributed by atoms with Crippen molar-refractivity contribution in [2.45, 2.75) is 32.1 Å². The molecule has 0 amide bonds. The van der Waals surface area contributed by atoms with Gasteiger partial charge in [-0.15, -0.1) is 0 Å². The fourth-order valence-corrected chi connectivity index (χ4v) is 3.14. The Kier molecular flexibility index (Phi) is 3.96. The minimum absolute atomic E-state index is 0.124. The molecule has 0 bridgehead atoms. The maximum absolute atomic E-state index is 8.96. The standard InChI is InChI=1S/C20H17N3O/c21-23-22-20(15-8-9-15)19-11-18-13-24-12-17(18)10-16(19)7-6-14-4-2-1-3-5-14/h1-5,10-11,15,20H,8-9,12-13H2. The molecule has 1 heterocycles. The zero-order valence-corrected chi connectivity index (χ0v) is 13.3. The Morgan fingerprint density at radius 3 is 2.54 bits per heavy atom. The Morgan fingerprint density at radius 1 is 1.08 bits per heavy atom. The molecule has 4 rings (SSSR count). The second-order valence-electron chi connectivity index (χ2n) is 6.30. The van der Waals surface area contributed by atoms with Gasteiger partial charge in [-0.25, -0.2) is 0 Å². The number of benzene rings is 2. The number of rotatable bonds is 3. The number of hydrogen-bond donors (Lipinski definition) is 0. The molecule has 0 N–H and O–H groups in total. The summed E-state index contributed by atoms with van der Waals surface area (Å²) in [4.78, 5) is 3.07. The molecule has 2 aromatic carbocycles. The molecule has 4 heteroatoms. The highest BCUT2D eigenvalue weighted by atomic mass is 16.5. The molecule has 24 heavy (non-hydrogen) atoms. The highest BCUT2D eigenvalue weighted by molar-refractivity contribution is 5.52. The summed E-state index contributed by atoms with van der Waals surface area (Å²) >= 11 is 0. The highest BCUT2D eigenvalue weighted by Crippen LogP contribution is 2.45. The van der Waals surface area contributed by atoms with Gasteiger partial charge in [0.1, 0.15) is 0 Å². The van der Waals surface area contributed by atoms with Crippen LogP contribution in [0, 0.1) is 17.8 Å². The molecule has 1 atom stereocenters. The molecule has 1 unspecified atom stereocenters. The summed E-state index contributed by atoms with van der Waals surface area (Å²) in [5.74, 6) is 6.96. The molecule has 1 aliphatic heterocycles. The van der Waals surface area contributed by atoms with E-state index in [2.05, 4.69) is 34.0 Å². The zero-order chi connectivity index (χ0) is 16.4. The monoisotopic (exact) mass is 315 g/mol. The van der Waals surface area contributed by atoms with Crippen LogP contribution in [0.15, 0.2) is 47.6 Å². The minimum atomic E-state index is -0.124. The van der Waals surface area contributed by atoms with Gasteiger partial charge in [0, 0.05) is 16.0 Å². The Balaban J connectivity index is 1.79. The van der Waals surface area contributed by atoms with Gasteiger partial charge in [0.05, 0.1) is 19.3 Å². The summed E-state index contributed by atoms with van der Waals surface area (Å²) in [5.41, 5.74) is 14.3. The van der Waals surface area contributed by atoms with Gasteiger partial charge in [-0.05, 0) is 59.2 Å². The summed E-state index contributed by atoms with van der Waals surface area (Å²) in [5, 5.41) is 4.07. The molecule has 0 saturated heterocycles.